The summed E-state index contributed by atoms with van der Waals surface area (Å²) in [6.45, 7) is 2.85. The van der Waals surface area contributed by atoms with Crippen LogP contribution in [0.2, 0.25) is 0 Å². The first-order valence-electron chi connectivity index (χ1n) is 5.48. The SMILES string of the molecule is CC(=CCCO)C(=O)[O-].C[N+](C)(C)CCOP=O. The molecule has 0 aliphatic rings. The fourth-order valence-corrected chi connectivity index (χ4v) is 0.873. The summed E-state index contributed by atoms with van der Waals surface area (Å²) in [5, 5.41) is 18.2. The smallest absolute Gasteiger partial charge is 0.327 e. The number of aliphatic hydroxyl groups excluding tert-OH is 1. The van der Waals surface area contributed by atoms with E-state index in [1.165, 1.54) is 13.0 Å². The number of hydrogen-bond acceptors (Lipinski definition) is 5. The monoisotopic (exact) mass is 279 g/mol. The quantitative estimate of drug-likeness (QED) is 0.306. The maximum atomic E-state index is 9.94. The molecule has 0 aromatic carbocycles. The lowest BCUT2D eigenvalue weighted by molar-refractivity contribution is -0.870. The first-order valence-corrected chi connectivity index (χ1v) is 6.21. The predicted molar refractivity (Wildman–Crippen MR) is 66.9 cm³/mol. The highest BCUT2D eigenvalue weighted by atomic mass is 31.1. The Balaban J connectivity index is 0. The van der Waals surface area contributed by atoms with Crippen LogP contribution >= 0.6 is 8.69 Å². The second-order valence-corrected chi connectivity index (χ2v) is 5.02. The number of carboxylic acids is 1. The fraction of sp³-hybridized carbons (Fsp3) is 0.727. The minimum absolute atomic E-state index is 0.0232. The van der Waals surface area contributed by atoms with E-state index in [2.05, 4.69) is 25.7 Å². The van der Waals surface area contributed by atoms with Gasteiger partial charge >= 0.3 is 8.69 Å². The lowest BCUT2D eigenvalue weighted by Gasteiger charge is -2.22. The van der Waals surface area contributed by atoms with Gasteiger partial charge in [0, 0.05) is 6.61 Å². The summed E-state index contributed by atoms with van der Waals surface area (Å²) in [6, 6.07) is 0. The molecule has 0 amide bonds. The van der Waals surface area contributed by atoms with E-state index >= 15 is 0 Å². The van der Waals surface area contributed by atoms with Crippen LogP contribution < -0.4 is 5.11 Å². The van der Waals surface area contributed by atoms with Gasteiger partial charge < -0.3 is 19.5 Å². The highest BCUT2D eigenvalue weighted by molar-refractivity contribution is 7.17. The molecule has 0 unspecified atom stereocenters. The van der Waals surface area contributed by atoms with Gasteiger partial charge in [0.05, 0.1) is 27.1 Å². The van der Waals surface area contributed by atoms with Crippen LogP contribution in [0.25, 0.3) is 0 Å². The van der Waals surface area contributed by atoms with Crippen LogP contribution in [0.4, 0.5) is 0 Å². The van der Waals surface area contributed by atoms with Crippen molar-refractivity contribution in [3.8, 4) is 0 Å². The van der Waals surface area contributed by atoms with E-state index in [-0.39, 0.29) is 20.9 Å². The third-order valence-corrected chi connectivity index (χ3v) is 2.10. The first kappa shape index (κ1) is 19.5. The van der Waals surface area contributed by atoms with E-state index in [9.17, 15) is 14.5 Å². The summed E-state index contributed by atoms with van der Waals surface area (Å²) in [7, 11) is 5.96. The summed E-state index contributed by atoms with van der Waals surface area (Å²) in [5.74, 6) is -1.18. The number of aliphatic hydroxyl groups is 1. The number of carboxylic acid groups (broad SMARTS) is 1. The third-order valence-electron chi connectivity index (χ3n) is 1.81. The Morgan fingerprint density at radius 3 is 2.33 bits per heavy atom. The standard InChI is InChI=1S/C6H10O3.C5H13NO2P/c1-5(6(8)9)3-2-4-7;1-6(2,3)4-5-8-9-7/h3,7H,2,4H2,1H3,(H,8,9);4-5H2,1-3H3/q;+1/p-1. The maximum absolute atomic E-state index is 9.94. The van der Waals surface area contributed by atoms with Crippen LogP contribution in [-0.2, 0) is 13.9 Å². The van der Waals surface area contributed by atoms with Crippen LogP contribution in [0, 0.1) is 0 Å². The zero-order valence-corrected chi connectivity index (χ0v) is 12.3. The largest absolute Gasteiger partial charge is 0.545 e. The summed E-state index contributed by atoms with van der Waals surface area (Å²) >= 11 is 0. The molecule has 0 spiro atoms. The van der Waals surface area contributed by atoms with Gasteiger partial charge in [-0.1, -0.05) is 6.08 Å². The Morgan fingerprint density at radius 2 is 2.00 bits per heavy atom. The molecular formula is C11H22NO5P. The van der Waals surface area contributed by atoms with Crippen LogP contribution in [-0.4, -0.2) is 56.5 Å². The van der Waals surface area contributed by atoms with Gasteiger partial charge in [0.15, 0.2) is 0 Å². The second kappa shape index (κ2) is 11.3. The van der Waals surface area contributed by atoms with Crippen molar-refractivity contribution < 1.29 is 28.6 Å². The van der Waals surface area contributed by atoms with Gasteiger partial charge in [0.2, 0.25) is 0 Å². The normalized spacial score (nSPS) is 11.9. The lowest BCUT2D eigenvalue weighted by Crippen LogP contribution is -2.37. The Morgan fingerprint density at radius 1 is 1.44 bits per heavy atom. The Bertz CT molecular complexity index is 273. The number of quaternary nitrogens is 1. The van der Waals surface area contributed by atoms with Crippen molar-refractivity contribution in [3.63, 3.8) is 0 Å². The summed E-state index contributed by atoms with van der Waals surface area (Å²) < 4.78 is 15.2. The fourth-order valence-electron chi connectivity index (χ4n) is 0.716. The minimum Gasteiger partial charge on any atom is -0.545 e. The molecule has 0 aromatic heterocycles. The number of likely N-dealkylation sites (N-methyl/N-ethyl adjacent to an activating group) is 1. The molecule has 18 heavy (non-hydrogen) atoms. The third kappa shape index (κ3) is 17.6. The summed E-state index contributed by atoms with van der Waals surface area (Å²) in [6.07, 6.45) is 1.80. The molecule has 1 N–H and O–H groups in total. The van der Waals surface area contributed by atoms with Crippen molar-refractivity contribution >= 4 is 14.7 Å². The molecule has 0 bridgehead atoms. The number of rotatable bonds is 7. The summed E-state index contributed by atoms with van der Waals surface area (Å²) in [5.41, 5.74) is 0.170. The lowest BCUT2D eigenvalue weighted by atomic mass is 10.2. The van der Waals surface area contributed by atoms with Gasteiger partial charge in [-0.15, -0.1) is 0 Å². The van der Waals surface area contributed by atoms with Gasteiger partial charge in [0.25, 0.3) is 0 Å². The molecule has 0 fully saturated rings. The average Bonchev–Trinajstić information content (AvgIpc) is 2.25. The zero-order chi connectivity index (χ0) is 14.6. The molecule has 0 aliphatic carbocycles. The molecule has 0 saturated carbocycles. The summed E-state index contributed by atoms with van der Waals surface area (Å²) in [4.78, 5) is 9.94. The Kier molecular flexibility index (Phi) is 12.2. The number of nitrogens with zero attached hydrogens (tertiary/aromatic N) is 1. The molecule has 106 valence electrons. The highest BCUT2D eigenvalue weighted by Gasteiger charge is 2.04. The van der Waals surface area contributed by atoms with Gasteiger partial charge in [-0.2, -0.15) is 0 Å². The van der Waals surface area contributed by atoms with Crippen molar-refractivity contribution in [2.75, 3.05) is 40.9 Å². The molecule has 0 aliphatic heterocycles. The van der Waals surface area contributed by atoms with Crippen molar-refractivity contribution in [2.24, 2.45) is 0 Å². The van der Waals surface area contributed by atoms with Gasteiger partial charge in [-0.25, -0.2) is 4.57 Å². The Labute approximate surface area is 110 Å². The van der Waals surface area contributed by atoms with E-state index < -0.39 is 5.97 Å². The number of carbonyl (C=O) groups excluding carboxylic acids is 1. The molecule has 0 atom stereocenters. The van der Waals surface area contributed by atoms with Gasteiger partial charge in [-0.05, 0) is 18.9 Å². The van der Waals surface area contributed by atoms with Crippen LogP contribution in [0.15, 0.2) is 11.6 Å². The van der Waals surface area contributed by atoms with Crippen molar-refractivity contribution in [2.45, 2.75) is 13.3 Å². The van der Waals surface area contributed by atoms with Crippen LogP contribution in [0.1, 0.15) is 13.3 Å². The van der Waals surface area contributed by atoms with Crippen molar-refractivity contribution in [3.05, 3.63) is 11.6 Å². The molecule has 0 radical (unpaired) electrons. The topological polar surface area (TPSA) is 86.7 Å². The van der Waals surface area contributed by atoms with E-state index in [1.54, 1.807) is 0 Å². The predicted octanol–water partition coefficient (Wildman–Crippen LogP) is -0.0191. The molecule has 7 heteroatoms. The van der Waals surface area contributed by atoms with Gasteiger partial charge in [-0.3, -0.25) is 4.52 Å². The van der Waals surface area contributed by atoms with Gasteiger partial charge in [0.1, 0.15) is 13.2 Å². The van der Waals surface area contributed by atoms with E-state index in [0.717, 1.165) is 11.0 Å². The van der Waals surface area contributed by atoms with E-state index in [4.69, 9.17) is 5.11 Å². The maximum Gasteiger partial charge on any atom is 0.327 e. The van der Waals surface area contributed by atoms with Crippen molar-refractivity contribution in [1.82, 2.24) is 0 Å². The second-order valence-electron chi connectivity index (χ2n) is 4.61. The zero-order valence-electron chi connectivity index (χ0n) is 11.4. The molecule has 0 saturated heterocycles. The molecule has 0 aromatic rings. The minimum atomic E-state index is -1.18. The average molecular weight is 279 g/mol. The van der Waals surface area contributed by atoms with Crippen molar-refractivity contribution in [1.29, 1.82) is 0 Å². The Hall–Kier alpha value is -0.810. The highest BCUT2D eigenvalue weighted by Crippen LogP contribution is 1.96. The number of aliphatic carboxylic acids is 1. The first-order chi connectivity index (χ1) is 8.24. The molecular weight excluding hydrogens is 257 g/mol. The van der Waals surface area contributed by atoms with E-state index in [1.807, 2.05) is 0 Å². The molecule has 0 rings (SSSR count). The molecule has 0 heterocycles. The number of hydrogen-bond donors (Lipinski definition) is 1. The number of carbonyl (C=O) groups is 1. The molecule has 6 nitrogen and oxygen atoms in total. The van der Waals surface area contributed by atoms with Crippen LogP contribution in [0.3, 0.4) is 0 Å². The van der Waals surface area contributed by atoms with E-state index in [0.29, 0.717) is 13.0 Å². The van der Waals surface area contributed by atoms with Crippen LogP contribution in [0.5, 0.6) is 0 Å².